The maximum absolute atomic E-state index is 14.1. The molecule has 0 amide bonds. The normalized spacial score (nSPS) is 27.4. The van der Waals surface area contributed by atoms with Gasteiger partial charge in [0, 0.05) is 27.6 Å². The second-order valence-corrected chi connectivity index (χ2v) is 9.35. The van der Waals surface area contributed by atoms with Crippen LogP contribution in [0.25, 0.3) is 10.8 Å². The van der Waals surface area contributed by atoms with Crippen LogP contribution in [0.1, 0.15) is 34.7 Å². The van der Waals surface area contributed by atoms with Gasteiger partial charge >= 0.3 is 5.97 Å². The Hall–Kier alpha value is -2.50. The molecule has 0 radical (unpaired) electrons. The third-order valence-corrected chi connectivity index (χ3v) is 7.47. The fraction of sp³-hybridized carbons (Fsp3) is 0.280. The van der Waals surface area contributed by atoms with Crippen molar-refractivity contribution in [3.63, 3.8) is 0 Å². The van der Waals surface area contributed by atoms with Crippen molar-refractivity contribution in [3.05, 3.63) is 76.3 Å². The highest BCUT2D eigenvalue weighted by molar-refractivity contribution is 9.10. The van der Waals surface area contributed by atoms with E-state index in [1.54, 1.807) is 0 Å². The first-order valence-corrected chi connectivity index (χ1v) is 11.2. The molecule has 3 heterocycles. The molecule has 4 nitrogen and oxygen atoms in total. The van der Waals surface area contributed by atoms with Gasteiger partial charge in [-0.2, -0.15) is 0 Å². The van der Waals surface area contributed by atoms with Gasteiger partial charge in [-0.05, 0) is 48.4 Å². The number of ketones is 1. The first-order chi connectivity index (χ1) is 14.6. The molecule has 0 bridgehead atoms. The summed E-state index contributed by atoms with van der Waals surface area (Å²) in [7, 11) is 0. The summed E-state index contributed by atoms with van der Waals surface area (Å²) in [4.78, 5) is 29.3. The number of carbonyl (C=O) groups excluding carboxylic acids is 2. The first-order valence-electron chi connectivity index (χ1n) is 10.4. The van der Waals surface area contributed by atoms with Crippen molar-refractivity contribution < 1.29 is 14.3 Å². The fourth-order valence-corrected chi connectivity index (χ4v) is 6.20. The van der Waals surface area contributed by atoms with E-state index < -0.39 is 0 Å². The second kappa shape index (κ2) is 6.76. The molecule has 2 saturated heterocycles. The Labute approximate surface area is 183 Å². The van der Waals surface area contributed by atoms with Crippen molar-refractivity contribution in [1.82, 2.24) is 4.90 Å². The minimum atomic E-state index is -0.353. The number of Topliss-reactive ketones (excluding diaryl/α,β-unsaturated/α-hetero) is 1. The van der Waals surface area contributed by atoms with E-state index in [1.807, 2.05) is 60.7 Å². The number of hydrogen-bond acceptors (Lipinski definition) is 4. The van der Waals surface area contributed by atoms with Gasteiger partial charge in [0.25, 0.3) is 0 Å². The maximum Gasteiger partial charge on any atom is 0.316 e. The first kappa shape index (κ1) is 18.3. The van der Waals surface area contributed by atoms with Gasteiger partial charge in [0.15, 0.2) is 5.78 Å². The standard InChI is InChI=1S/C25H20BrNO3/c26-15-10-11-20-18(13-15)21-22(25(29)30-20)19-9-4-12-27(19)23(21)24(28)17-8-3-6-14-5-1-2-7-16(14)17/h1-3,5-8,10-11,13,19,21-23H,4,9,12H2/t19-,21-,22-,23+/m0/s1. The third kappa shape index (κ3) is 2.55. The summed E-state index contributed by atoms with van der Waals surface area (Å²) in [6, 6.07) is 19.4. The molecule has 0 unspecified atom stereocenters. The molecule has 5 heteroatoms. The Kier molecular flexibility index (Phi) is 4.12. The van der Waals surface area contributed by atoms with Crippen LogP contribution in [0.3, 0.4) is 0 Å². The van der Waals surface area contributed by atoms with E-state index in [0.29, 0.717) is 5.75 Å². The summed E-state index contributed by atoms with van der Waals surface area (Å²) in [6.07, 6.45) is 1.94. The quantitative estimate of drug-likeness (QED) is 0.307. The number of esters is 1. The fourth-order valence-electron chi connectivity index (χ4n) is 5.82. The maximum atomic E-state index is 14.1. The van der Waals surface area contributed by atoms with Crippen LogP contribution < -0.4 is 4.74 Å². The molecule has 3 aliphatic heterocycles. The zero-order valence-corrected chi connectivity index (χ0v) is 17.8. The van der Waals surface area contributed by atoms with Gasteiger partial charge in [0.2, 0.25) is 0 Å². The highest BCUT2D eigenvalue weighted by Gasteiger charge is 2.59. The largest absolute Gasteiger partial charge is 0.426 e. The smallest absolute Gasteiger partial charge is 0.316 e. The third-order valence-electron chi connectivity index (χ3n) is 6.98. The number of ether oxygens (including phenoxy) is 1. The minimum absolute atomic E-state index is 0.0681. The lowest BCUT2D eigenvalue weighted by Crippen LogP contribution is -2.40. The molecule has 2 fully saturated rings. The Morgan fingerprint density at radius 2 is 1.87 bits per heavy atom. The molecule has 0 saturated carbocycles. The summed E-state index contributed by atoms with van der Waals surface area (Å²) < 4.78 is 6.65. The average molecular weight is 462 g/mol. The van der Waals surface area contributed by atoms with Crippen molar-refractivity contribution in [2.75, 3.05) is 6.54 Å². The average Bonchev–Trinajstić information content (AvgIpc) is 3.34. The van der Waals surface area contributed by atoms with Crippen LogP contribution in [0.2, 0.25) is 0 Å². The molecule has 0 aliphatic carbocycles. The number of benzene rings is 3. The lowest BCUT2D eigenvalue weighted by molar-refractivity contribution is -0.141. The number of nitrogens with zero attached hydrogens (tertiary/aromatic N) is 1. The molecule has 0 N–H and O–H groups in total. The van der Waals surface area contributed by atoms with Crippen LogP contribution in [-0.2, 0) is 4.79 Å². The summed E-state index contributed by atoms with van der Waals surface area (Å²) in [6.45, 7) is 0.843. The zero-order chi connectivity index (χ0) is 20.4. The Morgan fingerprint density at radius 3 is 2.77 bits per heavy atom. The van der Waals surface area contributed by atoms with Crippen molar-refractivity contribution in [1.29, 1.82) is 0 Å². The molecule has 4 atom stereocenters. The van der Waals surface area contributed by atoms with Gasteiger partial charge in [0.05, 0.1) is 12.0 Å². The highest BCUT2D eigenvalue weighted by atomic mass is 79.9. The van der Waals surface area contributed by atoms with Gasteiger partial charge < -0.3 is 4.74 Å². The molecule has 3 aromatic rings. The van der Waals surface area contributed by atoms with Crippen LogP contribution in [-0.4, -0.2) is 35.3 Å². The Balaban J connectivity index is 1.53. The number of carbonyl (C=O) groups is 2. The van der Waals surface area contributed by atoms with Crippen LogP contribution in [0.4, 0.5) is 0 Å². The molecule has 30 heavy (non-hydrogen) atoms. The topological polar surface area (TPSA) is 46.6 Å². The zero-order valence-electron chi connectivity index (χ0n) is 16.3. The molecule has 0 spiro atoms. The Morgan fingerprint density at radius 1 is 1.03 bits per heavy atom. The van der Waals surface area contributed by atoms with Crippen molar-refractivity contribution in [2.24, 2.45) is 5.92 Å². The summed E-state index contributed by atoms with van der Waals surface area (Å²) in [5, 5.41) is 2.03. The van der Waals surface area contributed by atoms with E-state index >= 15 is 0 Å². The second-order valence-electron chi connectivity index (χ2n) is 8.44. The van der Waals surface area contributed by atoms with Gasteiger partial charge in [0.1, 0.15) is 5.75 Å². The van der Waals surface area contributed by atoms with Gasteiger partial charge in [-0.15, -0.1) is 0 Å². The molecule has 0 aromatic heterocycles. The SMILES string of the molecule is O=C1Oc2ccc(Br)cc2[C@H]2[C@@H]1[C@@H]1CCCN1[C@H]2C(=O)c1cccc2ccccc12. The lowest BCUT2D eigenvalue weighted by atomic mass is 9.76. The molecule has 6 rings (SSSR count). The van der Waals surface area contributed by atoms with E-state index in [4.69, 9.17) is 4.74 Å². The highest BCUT2D eigenvalue weighted by Crippen LogP contribution is 2.53. The monoisotopic (exact) mass is 461 g/mol. The van der Waals surface area contributed by atoms with Crippen LogP contribution in [0.5, 0.6) is 5.75 Å². The van der Waals surface area contributed by atoms with Crippen LogP contribution in [0, 0.1) is 5.92 Å². The molecule has 150 valence electrons. The molecular formula is C25H20BrNO3. The number of halogens is 1. The summed E-state index contributed by atoms with van der Waals surface area (Å²) in [5.41, 5.74) is 1.70. The molecule has 3 aliphatic rings. The van der Waals surface area contributed by atoms with E-state index in [0.717, 1.165) is 45.8 Å². The lowest BCUT2D eigenvalue weighted by Gasteiger charge is -2.31. The summed E-state index contributed by atoms with van der Waals surface area (Å²) >= 11 is 3.56. The number of fused-ring (bicyclic) bond motifs is 6. The number of rotatable bonds is 2. The van der Waals surface area contributed by atoms with Gasteiger partial charge in [-0.25, -0.2) is 0 Å². The van der Waals surface area contributed by atoms with Gasteiger partial charge in [-0.3, -0.25) is 14.5 Å². The van der Waals surface area contributed by atoms with E-state index in [2.05, 4.69) is 20.8 Å². The van der Waals surface area contributed by atoms with Crippen molar-refractivity contribution in [3.8, 4) is 5.75 Å². The number of hydrogen-bond donors (Lipinski definition) is 0. The summed E-state index contributed by atoms with van der Waals surface area (Å²) in [5.74, 6) is 0.0156. The predicted molar refractivity (Wildman–Crippen MR) is 118 cm³/mol. The molecular weight excluding hydrogens is 442 g/mol. The van der Waals surface area contributed by atoms with Crippen LogP contribution in [0.15, 0.2) is 65.1 Å². The van der Waals surface area contributed by atoms with Crippen molar-refractivity contribution in [2.45, 2.75) is 30.8 Å². The predicted octanol–water partition coefficient (Wildman–Crippen LogP) is 4.95. The van der Waals surface area contributed by atoms with E-state index in [9.17, 15) is 9.59 Å². The molecule has 3 aromatic carbocycles. The van der Waals surface area contributed by atoms with Crippen molar-refractivity contribution >= 4 is 38.5 Å². The van der Waals surface area contributed by atoms with E-state index in [1.165, 1.54) is 0 Å². The minimum Gasteiger partial charge on any atom is -0.426 e. The van der Waals surface area contributed by atoms with Crippen LogP contribution >= 0.6 is 15.9 Å². The van der Waals surface area contributed by atoms with Gasteiger partial charge in [-0.1, -0.05) is 58.4 Å². The van der Waals surface area contributed by atoms with E-state index in [-0.39, 0.29) is 35.7 Å². The Bertz CT molecular complexity index is 1200.